The van der Waals surface area contributed by atoms with Gasteiger partial charge >= 0.3 is 5.97 Å². The zero-order chi connectivity index (χ0) is 15.3. The maximum absolute atomic E-state index is 12.4. The van der Waals surface area contributed by atoms with Gasteiger partial charge in [-0.3, -0.25) is 10.1 Å². The summed E-state index contributed by atoms with van der Waals surface area (Å²) >= 11 is 2.08. The molecule has 21 heavy (non-hydrogen) atoms. The molecule has 0 saturated heterocycles. The Kier molecular flexibility index (Phi) is 6.42. The molecule has 0 aromatic rings. The van der Waals surface area contributed by atoms with Crippen molar-refractivity contribution in [2.24, 2.45) is 0 Å². The average Bonchev–Trinajstić information content (AvgIpc) is 3.23. The van der Waals surface area contributed by atoms with E-state index in [0.717, 1.165) is 11.7 Å². The van der Waals surface area contributed by atoms with Crippen molar-refractivity contribution in [2.45, 2.75) is 94.2 Å². The van der Waals surface area contributed by atoms with E-state index in [4.69, 9.17) is 4.74 Å². The zero-order valence-corrected chi connectivity index (χ0v) is 14.6. The molecule has 3 nitrogen and oxygen atoms in total. The first-order valence-corrected chi connectivity index (χ1v) is 9.58. The van der Waals surface area contributed by atoms with E-state index in [1.165, 1.54) is 44.9 Å². The molecular formula is C17H31NO2S. The fourth-order valence-corrected chi connectivity index (χ4v) is 5.01. The molecule has 0 spiro atoms. The summed E-state index contributed by atoms with van der Waals surface area (Å²) in [6, 6.07) is 0.520. The van der Waals surface area contributed by atoms with Crippen molar-refractivity contribution in [3.8, 4) is 0 Å². The first kappa shape index (κ1) is 17.1. The van der Waals surface area contributed by atoms with Crippen LogP contribution in [0.2, 0.25) is 0 Å². The third-order valence-corrected chi connectivity index (χ3v) is 5.99. The molecule has 0 amide bonds. The molecule has 2 aliphatic carbocycles. The van der Waals surface area contributed by atoms with Crippen molar-refractivity contribution < 1.29 is 9.53 Å². The number of esters is 1. The Morgan fingerprint density at radius 1 is 1.29 bits per heavy atom. The number of rotatable bonds is 8. The van der Waals surface area contributed by atoms with Gasteiger partial charge in [0.05, 0.1) is 6.61 Å². The van der Waals surface area contributed by atoms with Crippen LogP contribution in [0.15, 0.2) is 0 Å². The predicted molar refractivity (Wildman–Crippen MR) is 89.7 cm³/mol. The smallest absolute Gasteiger partial charge is 0.326 e. The van der Waals surface area contributed by atoms with E-state index in [2.05, 4.69) is 24.0 Å². The zero-order valence-electron chi connectivity index (χ0n) is 13.8. The quantitative estimate of drug-likeness (QED) is 0.690. The molecule has 0 heterocycles. The van der Waals surface area contributed by atoms with Crippen LogP contribution in [0.1, 0.15) is 72.1 Å². The molecule has 2 aliphatic rings. The van der Waals surface area contributed by atoms with Crippen LogP contribution in [-0.2, 0) is 9.53 Å². The van der Waals surface area contributed by atoms with Gasteiger partial charge in [0.1, 0.15) is 5.54 Å². The minimum absolute atomic E-state index is 0.0759. The van der Waals surface area contributed by atoms with Gasteiger partial charge in [-0.2, -0.15) is 11.8 Å². The topological polar surface area (TPSA) is 38.3 Å². The second-order valence-electron chi connectivity index (χ2n) is 6.88. The lowest BCUT2D eigenvalue weighted by Crippen LogP contribution is -2.53. The monoisotopic (exact) mass is 313 g/mol. The van der Waals surface area contributed by atoms with E-state index in [1.807, 2.05) is 13.8 Å². The first-order valence-electron chi connectivity index (χ1n) is 8.64. The molecule has 2 unspecified atom stereocenters. The van der Waals surface area contributed by atoms with Gasteiger partial charge in [0.15, 0.2) is 0 Å². The minimum Gasteiger partial charge on any atom is -0.465 e. The van der Waals surface area contributed by atoms with E-state index in [1.54, 1.807) is 0 Å². The van der Waals surface area contributed by atoms with Gasteiger partial charge in [-0.25, -0.2) is 0 Å². The Balaban J connectivity index is 1.88. The molecule has 0 bridgehead atoms. The summed E-state index contributed by atoms with van der Waals surface area (Å²) in [5.41, 5.74) is -0.516. The Labute approximate surface area is 134 Å². The fourth-order valence-electron chi connectivity index (χ4n) is 3.32. The predicted octanol–water partition coefficient (Wildman–Crippen LogP) is 3.90. The maximum Gasteiger partial charge on any atom is 0.326 e. The third kappa shape index (κ3) is 5.48. The van der Waals surface area contributed by atoms with Crippen molar-refractivity contribution in [3.05, 3.63) is 0 Å². The van der Waals surface area contributed by atoms with Crippen molar-refractivity contribution in [3.63, 3.8) is 0 Å². The molecule has 122 valence electrons. The first-order chi connectivity index (χ1) is 10.0. The Hall–Kier alpha value is -0.220. The number of carbonyl (C=O) groups is 1. The van der Waals surface area contributed by atoms with Crippen LogP contribution in [0.25, 0.3) is 0 Å². The van der Waals surface area contributed by atoms with Crippen LogP contribution in [0.3, 0.4) is 0 Å². The van der Waals surface area contributed by atoms with Gasteiger partial charge in [0.25, 0.3) is 0 Å². The summed E-state index contributed by atoms with van der Waals surface area (Å²) in [6.45, 7) is 6.65. The third-order valence-electron chi connectivity index (χ3n) is 4.50. The van der Waals surface area contributed by atoms with Crippen LogP contribution in [-0.4, -0.2) is 34.7 Å². The van der Waals surface area contributed by atoms with Gasteiger partial charge in [-0.1, -0.05) is 26.2 Å². The standard InChI is InChI=1S/C17H31NO2S/c1-4-20-16(19)17(3,18-14-10-11-14)12-13(2)21-15-8-6-5-7-9-15/h13-15,18H,4-12H2,1-3H3. The molecule has 1 N–H and O–H groups in total. The molecular weight excluding hydrogens is 282 g/mol. The number of hydrogen-bond acceptors (Lipinski definition) is 4. The van der Waals surface area contributed by atoms with Crippen molar-refractivity contribution in [1.82, 2.24) is 5.32 Å². The highest BCUT2D eigenvalue weighted by Crippen LogP contribution is 2.35. The lowest BCUT2D eigenvalue weighted by molar-refractivity contribution is -0.150. The molecule has 2 saturated carbocycles. The highest BCUT2D eigenvalue weighted by Gasteiger charge is 2.41. The lowest BCUT2D eigenvalue weighted by atomic mass is 9.95. The van der Waals surface area contributed by atoms with Crippen LogP contribution in [0, 0.1) is 0 Å². The highest BCUT2D eigenvalue weighted by atomic mass is 32.2. The Morgan fingerprint density at radius 3 is 2.52 bits per heavy atom. The van der Waals surface area contributed by atoms with E-state index < -0.39 is 5.54 Å². The maximum atomic E-state index is 12.4. The Morgan fingerprint density at radius 2 is 1.95 bits per heavy atom. The number of thioether (sulfide) groups is 1. The fraction of sp³-hybridized carbons (Fsp3) is 0.941. The summed E-state index contributed by atoms with van der Waals surface area (Å²) < 4.78 is 5.32. The summed E-state index contributed by atoms with van der Waals surface area (Å²) in [5, 5.41) is 4.82. The largest absolute Gasteiger partial charge is 0.465 e. The van der Waals surface area contributed by atoms with Gasteiger partial charge < -0.3 is 4.74 Å². The second-order valence-corrected chi connectivity index (χ2v) is 8.63. The number of hydrogen-bond donors (Lipinski definition) is 1. The van der Waals surface area contributed by atoms with Crippen molar-refractivity contribution in [2.75, 3.05) is 6.61 Å². The molecule has 0 radical (unpaired) electrons. The summed E-state index contributed by atoms with van der Waals surface area (Å²) in [7, 11) is 0. The number of carbonyl (C=O) groups excluding carboxylic acids is 1. The molecule has 0 aliphatic heterocycles. The molecule has 0 aromatic heterocycles. The van der Waals surface area contributed by atoms with E-state index >= 15 is 0 Å². The summed E-state index contributed by atoms with van der Waals surface area (Å²) in [4.78, 5) is 12.4. The Bertz CT molecular complexity index is 340. The summed E-state index contributed by atoms with van der Waals surface area (Å²) in [6.07, 6.45) is 10.1. The van der Waals surface area contributed by atoms with Gasteiger partial charge in [-0.05, 0) is 46.0 Å². The van der Waals surface area contributed by atoms with Crippen LogP contribution in [0.5, 0.6) is 0 Å². The van der Waals surface area contributed by atoms with Gasteiger partial charge in [0.2, 0.25) is 0 Å². The minimum atomic E-state index is -0.516. The normalized spacial score (nSPS) is 24.3. The van der Waals surface area contributed by atoms with Crippen molar-refractivity contribution in [1.29, 1.82) is 0 Å². The molecule has 2 rings (SSSR count). The van der Waals surface area contributed by atoms with Crippen LogP contribution < -0.4 is 5.32 Å². The molecule has 2 fully saturated rings. The second kappa shape index (κ2) is 7.87. The van der Waals surface area contributed by atoms with Crippen molar-refractivity contribution >= 4 is 17.7 Å². The number of ether oxygens (including phenoxy) is 1. The SMILES string of the molecule is CCOC(=O)C(C)(CC(C)SC1CCCCC1)NC1CC1. The average molecular weight is 314 g/mol. The number of nitrogens with one attached hydrogen (secondary N) is 1. The summed E-state index contributed by atoms with van der Waals surface area (Å²) in [5.74, 6) is -0.0759. The van der Waals surface area contributed by atoms with E-state index in [0.29, 0.717) is 17.9 Å². The molecule has 0 aromatic carbocycles. The molecule has 4 heteroatoms. The lowest BCUT2D eigenvalue weighted by Gasteiger charge is -2.33. The molecule has 2 atom stereocenters. The van der Waals surface area contributed by atoms with Crippen LogP contribution in [0.4, 0.5) is 0 Å². The van der Waals surface area contributed by atoms with E-state index in [-0.39, 0.29) is 5.97 Å². The van der Waals surface area contributed by atoms with E-state index in [9.17, 15) is 4.79 Å². The van der Waals surface area contributed by atoms with Gasteiger partial charge in [-0.15, -0.1) is 0 Å². The van der Waals surface area contributed by atoms with Gasteiger partial charge in [0, 0.05) is 16.5 Å². The van der Waals surface area contributed by atoms with Crippen LogP contribution >= 0.6 is 11.8 Å². The highest BCUT2D eigenvalue weighted by molar-refractivity contribution is 8.00.